The highest BCUT2D eigenvalue weighted by Crippen LogP contribution is 1.99. The molecule has 0 aliphatic heterocycles. The van der Waals surface area contributed by atoms with Crippen LogP contribution < -0.4 is 5.32 Å². The highest BCUT2D eigenvalue weighted by atomic mass is 16.4. The Bertz CT molecular complexity index is 307. The zero-order chi connectivity index (χ0) is 14.1. The van der Waals surface area contributed by atoms with Crippen LogP contribution >= 0.6 is 0 Å². The molecule has 2 N–H and O–H groups in total. The maximum atomic E-state index is 12.0. The predicted molar refractivity (Wildman–Crippen MR) is 66.2 cm³/mol. The number of rotatable bonds is 7. The van der Waals surface area contributed by atoms with Gasteiger partial charge in [-0.15, -0.1) is 0 Å². The van der Waals surface area contributed by atoms with Crippen molar-refractivity contribution >= 4 is 17.9 Å². The molecule has 0 aromatic carbocycles. The summed E-state index contributed by atoms with van der Waals surface area (Å²) in [5, 5.41) is 11.3. The molecule has 0 rings (SSSR count). The fourth-order valence-corrected chi connectivity index (χ4v) is 1.42. The van der Waals surface area contributed by atoms with Crippen LogP contribution in [0.3, 0.4) is 0 Å². The molecule has 104 valence electrons. The molecule has 0 saturated heterocycles. The van der Waals surface area contributed by atoms with Gasteiger partial charge in [-0.3, -0.25) is 9.59 Å². The van der Waals surface area contributed by atoms with Gasteiger partial charge in [0.1, 0.15) is 13.1 Å². The van der Waals surface area contributed by atoms with E-state index in [9.17, 15) is 14.4 Å². The number of carbonyl (C=O) groups is 3. The number of nitrogens with one attached hydrogen (secondary N) is 1. The number of carboxylic acid groups (broad SMARTS) is 1. The van der Waals surface area contributed by atoms with E-state index >= 15 is 0 Å². The van der Waals surface area contributed by atoms with Gasteiger partial charge in [0.2, 0.25) is 5.91 Å². The molecule has 0 atom stereocenters. The monoisotopic (exact) mass is 259 g/mol. The Kier molecular flexibility index (Phi) is 7.50. The van der Waals surface area contributed by atoms with E-state index in [1.165, 1.54) is 9.80 Å². The first kappa shape index (κ1) is 16.2. The molecule has 0 spiro atoms. The van der Waals surface area contributed by atoms with Crippen LogP contribution in [0.4, 0.5) is 4.79 Å². The van der Waals surface area contributed by atoms with Crippen LogP contribution in [0.15, 0.2) is 0 Å². The summed E-state index contributed by atoms with van der Waals surface area (Å²) in [5.41, 5.74) is 0. The van der Waals surface area contributed by atoms with Gasteiger partial charge in [0.05, 0.1) is 0 Å². The van der Waals surface area contributed by atoms with Gasteiger partial charge in [0.25, 0.3) is 0 Å². The first-order valence-electron chi connectivity index (χ1n) is 5.98. The minimum Gasteiger partial charge on any atom is -0.480 e. The average Bonchev–Trinajstić information content (AvgIpc) is 2.32. The second kappa shape index (κ2) is 8.32. The van der Waals surface area contributed by atoms with Crippen molar-refractivity contribution in [2.75, 3.05) is 32.7 Å². The molecule has 0 heterocycles. The van der Waals surface area contributed by atoms with Gasteiger partial charge < -0.3 is 20.2 Å². The van der Waals surface area contributed by atoms with Crippen molar-refractivity contribution < 1.29 is 19.5 Å². The van der Waals surface area contributed by atoms with Crippen molar-refractivity contribution in [2.45, 2.75) is 20.8 Å². The van der Waals surface area contributed by atoms with E-state index in [1.807, 2.05) is 0 Å². The van der Waals surface area contributed by atoms with E-state index in [-0.39, 0.29) is 25.5 Å². The second-order valence-electron chi connectivity index (χ2n) is 3.66. The van der Waals surface area contributed by atoms with Crippen LogP contribution in [-0.2, 0) is 9.59 Å². The van der Waals surface area contributed by atoms with Crippen LogP contribution in [-0.4, -0.2) is 65.5 Å². The molecule has 0 saturated carbocycles. The molecule has 7 nitrogen and oxygen atoms in total. The molecular weight excluding hydrogens is 238 g/mol. The lowest BCUT2D eigenvalue weighted by Crippen LogP contribution is -2.48. The fraction of sp³-hybridized carbons (Fsp3) is 0.727. The quantitative estimate of drug-likeness (QED) is 0.672. The standard InChI is InChI=1S/C11H21N3O4/c1-4-12-9(15)7-13(5-2)11(18)14(6-3)8-10(16)17/h4-8H2,1-3H3,(H,12,15)(H,16,17). The molecule has 3 amide bonds. The maximum Gasteiger partial charge on any atom is 0.323 e. The number of nitrogens with zero attached hydrogens (tertiary/aromatic N) is 2. The van der Waals surface area contributed by atoms with Gasteiger partial charge >= 0.3 is 12.0 Å². The summed E-state index contributed by atoms with van der Waals surface area (Å²) in [6, 6.07) is -0.436. The topological polar surface area (TPSA) is 90.0 Å². The summed E-state index contributed by atoms with van der Waals surface area (Å²) in [5.74, 6) is -1.32. The van der Waals surface area contributed by atoms with Crippen molar-refractivity contribution in [1.82, 2.24) is 15.1 Å². The van der Waals surface area contributed by atoms with Crippen LogP contribution in [0.5, 0.6) is 0 Å². The zero-order valence-corrected chi connectivity index (χ0v) is 11.1. The van der Waals surface area contributed by atoms with Crippen LogP contribution in [0.1, 0.15) is 20.8 Å². The Balaban J connectivity index is 4.56. The molecule has 7 heteroatoms. The van der Waals surface area contributed by atoms with Crippen molar-refractivity contribution in [3.8, 4) is 0 Å². The number of urea groups is 1. The highest BCUT2D eigenvalue weighted by Gasteiger charge is 2.22. The van der Waals surface area contributed by atoms with Crippen molar-refractivity contribution in [3.63, 3.8) is 0 Å². The lowest BCUT2D eigenvalue weighted by atomic mass is 10.4. The molecule has 0 aliphatic rings. The molecule has 0 aromatic rings. The first-order valence-corrected chi connectivity index (χ1v) is 5.98. The van der Waals surface area contributed by atoms with Gasteiger partial charge in [0.15, 0.2) is 0 Å². The molecular formula is C11H21N3O4. The molecule has 0 aliphatic carbocycles. The van der Waals surface area contributed by atoms with Gasteiger partial charge in [-0.1, -0.05) is 0 Å². The third-order valence-electron chi connectivity index (χ3n) is 2.34. The SMILES string of the molecule is CCNC(=O)CN(CC)C(=O)N(CC)CC(=O)O. The Labute approximate surface area is 107 Å². The Hall–Kier alpha value is -1.79. The molecule has 0 unspecified atom stereocenters. The lowest BCUT2D eigenvalue weighted by Gasteiger charge is -2.27. The largest absolute Gasteiger partial charge is 0.480 e. The Morgan fingerprint density at radius 3 is 1.89 bits per heavy atom. The van der Waals surface area contributed by atoms with E-state index in [0.29, 0.717) is 13.1 Å². The van der Waals surface area contributed by atoms with Crippen LogP contribution in [0.25, 0.3) is 0 Å². The Morgan fingerprint density at radius 1 is 1.00 bits per heavy atom. The lowest BCUT2D eigenvalue weighted by molar-refractivity contribution is -0.137. The van der Waals surface area contributed by atoms with Crippen molar-refractivity contribution in [1.29, 1.82) is 0 Å². The van der Waals surface area contributed by atoms with E-state index in [2.05, 4.69) is 5.32 Å². The Morgan fingerprint density at radius 2 is 1.50 bits per heavy atom. The molecule has 0 fully saturated rings. The number of aliphatic carboxylic acids is 1. The minimum atomic E-state index is -1.07. The maximum absolute atomic E-state index is 12.0. The summed E-state index contributed by atoms with van der Waals surface area (Å²) < 4.78 is 0. The number of carbonyl (C=O) groups excluding carboxylic acids is 2. The van der Waals surface area contributed by atoms with Crippen LogP contribution in [0, 0.1) is 0 Å². The van der Waals surface area contributed by atoms with Crippen molar-refractivity contribution in [3.05, 3.63) is 0 Å². The third kappa shape index (κ3) is 5.51. The summed E-state index contributed by atoms with van der Waals surface area (Å²) in [4.78, 5) is 36.5. The first-order chi connectivity index (χ1) is 8.46. The van der Waals surface area contributed by atoms with Gasteiger partial charge in [-0.05, 0) is 20.8 Å². The normalized spacial score (nSPS) is 9.72. The minimum absolute atomic E-state index is 0.0563. The number of amides is 3. The summed E-state index contributed by atoms with van der Waals surface area (Å²) in [7, 11) is 0. The van der Waals surface area contributed by atoms with Gasteiger partial charge in [0, 0.05) is 19.6 Å². The second-order valence-corrected chi connectivity index (χ2v) is 3.66. The van der Waals surface area contributed by atoms with Gasteiger partial charge in [-0.2, -0.15) is 0 Å². The predicted octanol–water partition coefficient (Wildman–Crippen LogP) is -0.0291. The number of hydrogen-bond donors (Lipinski definition) is 2. The number of likely N-dealkylation sites (N-methyl/N-ethyl adjacent to an activating group) is 3. The number of carboxylic acids is 1. The van der Waals surface area contributed by atoms with Crippen molar-refractivity contribution in [2.24, 2.45) is 0 Å². The molecule has 18 heavy (non-hydrogen) atoms. The third-order valence-corrected chi connectivity index (χ3v) is 2.34. The van der Waals surface area contributed by atoms with E-state index < -0.39 is 12.0 Å². The fourth-order valence-electron chi connectivity index (χ4n) is 1.42. The van der Waals surface area contributed by atoms with E-state index in [4.69, 9.17) is 5.11 Å². The zero-order valence-electron chi connectivity index (χ0n) is 11.1. The summed E-state index contributed by atoms with van der Waals surface area (Å²) in [6.07, 6.45) is 0. The molecule has 0 aromatic heterocycles. The van der Waals surface area contributed by atoms with Crippen LogP contribution in [0.2, 0.25) is 0 Å². The molecule has 0 radical (unpaired) electrons. The van der Waals surface area contributed by atoms with Gasteiger partial charge in [-0.25, -0.2) is 4.79 Å². The summed E-state index contributed by atoms with van der Waals surface area (Å²) >= 11 is 0. The highest BCUT2D eigenvalue weighted by molar-refractivity contribution is 5.85. The number of hydrogen-bond acceptors (Lipinski definition) is 3. The average molecular weight is 259 g/mol. The smallest absolute Gasteiger partial charge is 0.323 e. The molecule has 0 bridgehead atoms. The summed E-state index contributed by atoms with van der Waals surface area (Å²) in [6.45, 7) is 5.95. The van der Waals surface area contributed by atoms with E-state index in [0.717, 1.165) is 0 Å². The van der Waals surface area contributed by atoms with E-state index in [1.54, 1.807) is 20.8 Å².